The molecule has 0 amide bonds. The minimum absolute atomic E-state index is 0.216. The van der Waals surface area contributed by atoms with Gasteiger partial charge in [-0.3, -0.25) is 14.4 Å². The minimum Gasteiger partial charge on any atom is -0.431 e. The molecule has 3 atom stereocenters. The summed E-state index contributed by atoms with van der Waals surface area (Å²) in [6.07, 6.45) is 1.93. The predicted molar refractivity (Wildman–Crippen MR) is 120 cm³/mol. The number of rotatable bonds is 5. The van der Waals surface area contributed by atoms with Gasteiger partial charge in [-0.25, -0.2) is 0 Å². The number of fused-ring (bicyclic) bond motifs is 3. The highest BCUT2D eigenvalue weighted by molar-refractivity contribution is 6.17. The number of benzene rings is 3. The summed E-state index contributed by atoms with van der Waals surface area (Å²) in [7, 11) is 0. The van der Waals surface area contributed by atoms with Crippen molar-refractivity contribution < 1.29 is 19.1 Å². The van der Waals surface area contributed by atoms with Gasteiger partial charge in [-0.1, -0.05) is 84.9 Å². The van der Waals surface area contributed by atoms with E-state index in [1.54, 1.807) is 55.5 Å². The van der Waals surface area contributed by atoms with E-state index in [0.717, 1.165) is 11.1 Å². The molecule has 0 aromatic heterocycles. The van der Waals surface area contributed by atoms with Crippen LogP contribution in [0.15, 0.2) is 96.8 Å². The zero-order valence-corrected chi connectivity index (χ0v) is 17.6. The van der Waals surface area contributed by atoms with Crippen molar-refractivity contribution in [3.8, 4) is 0 Å². The highest BCUT2D eigenvalue weighted by atomic mass is 16.5. The smallest absolute Gasteiger partial charge is 0.315 e. The molecule has 3 aromatic rings. The molecule has 4 nitrogen and oxygen atoms in total. The number of allylic oxidation sites excluding steroid dienone is 2. The third-order valence-corrected chi connectivity index (χ3v) is 6.48. The van der Waals surface area contributed by atoms with Crippen LogP contribution in [0.2, 0.25) is 0 Å². The second kappa shape index (κ2) is 8.04. The number of cyclic esters (lactones) is 1. The lowest BCUT2D eigenvalue weighted by molar-refractivity contribution is -0.146. The standard InChI is InChI=1S/C28H22O4/c1-17-16-22-20-14-8-9-15-21(20)23(24(22)28(31)32-17)25(26(29)18-10-4-2-5-11-18)27(30)19-12-6-3-7-13-19/h2-16,22-25H,1H3/t22-,23-,24-/m1/s1. The number of hydrogen-bond acceptors (Lipinski definition) is 4. The molecule has 0 bridgehead atoms. The first-order chi connectivity index (χ1) is 15.6. The topological polar surface area (TPSA) is 60.4 Å². The summed E-state index contributed by atoms with van der Waals surface area (Å²) in [5.41, 5.74) is 2.76. The molecule has 3 aromatic carbocycles. The Morgan fingerprint density at radius 1 is 0.750 bits per heavy atom. The van der Waals surface area contributed by atoms with E-state index in [2.05, 4.69) is 0 Å². The zero-order chi connectivity index (χ0) is 22.2. The van der Waals surface area contributed by atoms with E-state index in [4.69, 9.17) is 4.74 Å². The third-order valence-electron chi connectivity index (χ3n) is 6.48. The fourth-order valence-corrected chi connectivity index (χ4v) is 5.12. The lowest BCUT2D eigenvalue weighted by Crippen LogP contribution is -2.37. The first kappa shape index (κ1) is 20.1. The Hall–Kier alpha value is -3.79. The van der Waals surface area contributed by atoms with Crippen molar-refractivity contribution in [3.05, 3.63) is 119 Å². The van der Waals surface area contributed by atoms with Crippen molar-refractivity contribution in [2.45, 2.75) is 18.8 Å². The summed E-state index contributed by atoms with van der Waals surface area (Å²) >= 11 is 0. The summed E-state index contributed by atoms with van der Waals surface area (Å²) in [5, 5.41) is 0. The summed E-state index contributed by atoms with van der Waals surface area (Å²) in [4.78, 5) is 40.7. The van der Waals surface area contributed by atoms with Gasteiger partial charge in [0.05, 0.1) is 11.8 Å². The fraction of sp³-hybridized carbons (Fsp3) is 0.179. The van der Waals surface area contributed by atoms with Gasteiger partial charge in [0.15, 0.2) is 11.6 Å². The third kappa shape index (κ3) is 3.28. The number of carbonyl (C=O) groups is 3. The number of ketones is 2. The SMILES string of the molecule is CC1=C[C@@H]2c3ccccc3[C@@H](C(C(=O)c3ccccc3)C(=O)c3ccccc3)[C@@H]2C(=O)O1. The van der Waals surface area contributed by atoms with Gasteiger partial charge in [0.2, 0.25) is 0 Å². The molecule has 1 aliphatic carbocycles. The van der Waals surface area contributed by atoms with Gasteiger partial charge in [0.1, 0.15) is 5.76 Å². The second-order valence-corrected chi connectivity index (χ2v) is 8.34. The second-order valence-electron chi connectivity index (χ2n) is 8.34. The molecular formula is C28H22O4. The number of Topliss-reactive ketones (excluding diaryl/α,β-unsaturated/α-hetero) is 2. The van der Waals surface area contributed by atoms with Crippen molar-refractivity contribution in [1.82, 2.24) is 0 Å². The van der Waals surface area contributed by atoms with E-state index in [1.807, 2.05) is 42.5 Å². The van der Waals surface area contributed by atoms with E-state index in [9.17, 15) is 14.4 Å². The van der Waals surface area contributed by atoms with Crippen molar-refractivity contribution in [2.24, 2.45) is 11.8 Å². The van der Waals surface area contributed by atoms with Gasteiger partial charge in [-0.15, -0.1) is 0 Å². The van der Waals surface area contributed by atoms with Crippen molar-refractivity contribution >= 4 is 17.5 Å². The number of carbonyl (C=O) groups excluding carboxylic acids is 3. The van der Waals surface area contributed by atoms with Crippen LogP contribution in [0.25, 0.3) is 0 Å². The van der Waals surface area contributed by atoms with E-state index < -0.39 is 17.8 Å². The maximum Gasteiger partial charge on any atom is 0.315 e. The van der Waals surface area contributed by atoms with Gasteiger partial charge in [-0.2, -0.15) is 0 Å². The Bertz CT molecular complexity index is 1180. The van der Waals surface area contributed by atoms with Crippen LogP contribution in [0.3, 0.4) is 0 Å². The Morgan fingerprint density at radius 2 is 1.25 bits per heavy atom. The molecule has 4 heteroatoms. The summed E-state index contributed by atoms with van der Waals surface area (Å²) in [6, 6.07) is 25.4. The van der Waals surface area contributed by atoms with E-state index in [0.29, 0.717) is 16.9 Å². The first-order valence-corrected chi connectivity index (χ1v) is 10.7. The largest absolute Gasteiger partial charge is 0.431 e. The van der Waals surface area contributed by atoms with Crippen molar-refractivity contribution in [1.29, 1.82) is 0 Å². The predicted octanol–water partition coefficient (Wildman–Crippen LogP) is 5.33. The molecular weight excluding hydrogens is 400 g/mol. The summed E-state index contributed by atoms with van der Waals surface area (Å²) in [6.45, 7) is 1.76. The van der Waals surface area contributed by atoms with Crippen LogP contribution in [0.4, 0.5) is 0 Å². The Morgan fingerprint density at radius 3 is 1.81 bits per heavy atom. The molecule has 2 aliphatic rings. The highest BCUT2D eigenvalue weighted by Gasteiger charge is 2.53. The molecule has 32 heavy (non-hydrogen) atoms. The van der Waals surface area contributed by atoms with Gasteiger partial charge in [-0.05, 0) is 24.1 Å². The van der Waals surface area contributed by atoms with Gasteiger partial charge in [0, 0.05) is 23.0 Å². The summed E-state index contributed by atoms with van der Waals surface area (Å²) in [5.74, 6) is -2.87. The molecule has 0 saturated heterocycles. The van der Waals surface area contributed by atoms with Crippen LogP contribution < -0.4 is 0 Å². The maximum atomic E-state index is 13.8. The quantitative estimate of drug-likeness (QED) is 0.317. The minimum atomic E-state index is -1.03. The normalized spacial score (nSPS) is 21.4. The first-order valence-electron chi connectivity index (χ1n) is 10.7. The van der Waals surface area contributed by atoms with Gasteiger partial charge in [0.25, 0.3) is 0 Å². The van der Waals surface area contributed by atoms with Crippen LogP contribution >= 0.6 is 0 Å². The van der Waals surface area contributed by atoms with Gasteiger partial charge < -0.3 is 4.74 Å². The fourth-order valence-electron chi connectivity index (χ4n) is 5.12. The molecule has 158 valence electrons. The van der Waals surface area contributed by atoms with Gasteiger partial charge >= 0.3 is 5.97 Å². The van der Waals surface area contributed by atoms with Crippen LogP contribution in [-0.4, -0.2) is 17.5 Å². The lowest BCUT2D eigenvalue weighted by atomic mass is 9.72. The van der Waals surface area contributed by atoms with Crippen LogP contribution in [-0.2, 0) is 9.53 Å². The molecule has 1 aliphatic heterocycles. The zero-order valence-electron chi connectivity index (χ0n) is 17.6. The average molecular weight is 422 g/mol. The number of ether oxygens (including phenoxy) is 1. The van der Waals surface area contributed by atoms with Crippen LogP contribution in [0, 0.1) is 11.8 Å². The van der Waals surface area contributed by atoms with Crippen LogP contribution in [0.5, 0.6) is 0 Å². The number of hydrogen-bond donors (Lipinski definition) is 0. The van der Waals surface area contributed by atoms with Crippen molar-refractivity contribution in [2.75, 3.05) is 0 Å². The van der Waals surface area contributed by atoms with E-state index >= 15 is 0 Å². The Kier molecular flexibility index (Phi) is 5.06. The Balaban J connectivity index is 1.69. The van der Waals surface area contributed by atoms with Crippen molar-refractivity contribution in [3.63, 3.8) is 0 Å². The molecule has 0 unspecified atom stereocenters. The van der Waals surface area contributed by atoms with E-state index in [1.165, 1.54) is 0 Å². The molecule has 0 saturated carbocycles. The maximum absolute atomic E-state index is 13.8. The monoisotopic (exact) mass is 422 g/mol. The van der Waals surface area contributed by atoms with E-state index in [-0.39, 0.29) is 23.5 Å². The lowest BCUT2D eigenvalue weighted by Gasteiger charge is -2.30. The molecule has 0 spiro atoms. The number of esters is 1. The molecule has 0 N–H and O–H groups in total. The molecule has 0 radical (unpaired) electrons. The van der Waals surface area contributed by atoms with Crippen LogP contribution in [0.1, 0.15) is 50.6 Å². The molecule has 1 heterocycles. The highest BCUT2D eigenvalue weighted by Crippen LogP contribution is 2.54. The molecule has 5 rings (SSSR count). The average Bonchev–Trinajstić information content (AvgIpc) is 3.15. The summed E-state index contributed by atoms with van der Waals surface area (Å²) < 4.78 is 5.48. The Labute approximate surface area is 186 Å². The molecule has 0 fully saturated rings.